The molecule has 0 saturated carbocycles. The summed E-state index contributed by atoms with van der Waals surface area (Å²) in [5.41, 5.74) is 2.39. The molecule has 3 rings (SSSR count). The monoisotopic (exact) mass is 254 g/mol. The van der Waals surface area contributed by atoms with Crippen molar-refractivity contribution in [3.63, 3.8) is 0 Å². The van der Waals surface area contributed by atoms with Crippen molar-refractivity contribution in [2.75, 3.05) is 13.1 Å². The minimum Gasteiger partial charge on any atom is -0.334 e. The Kier molecular flexibility index (Phi) is 2.87. The molecular weight excluding hydrogens is 240 g/mol. The molecule has 0 unspecified atom stereocenters. The average molecular weight is 254 g/mol. The molecule has 0 fully saturated rings. The van der Waals surface area contributed by atoms with Gasteiger partial charge in [0.05, 0.1) is 23.1 Å². The highest BCUT2D eigenvalue weighted by atomic mass is 16.2. The van der Waals surface area contributed by atoms with Gasteiger partial charge in [-0.3, -0.25) is 9.78 Å². The molecule has 1 aliphatic rings. The third-order valence-electron chi connectivity index (χ3n) is 3.19. The summed E-state index contributed by atoms with van der Waals surface area (Å²) in [7, 11) is 0. The summed E-state index contributed by atoms with van der Waals surface area (Å²) in [6, 6.07) is 3.76. The van der Waals surface area contributed by atoms with Crippen LogP contribution in [0.2, 0.25) is 0 Å². The van der Waals surface area contributed by atoms with E-state index in [1.807, 2.05) is 12.1 Å². The highest BCUT2D eigenvalue weighted by Crippen LogP contribution is 2.19. The molecule has 0 atom stereocenters. The first kappa shape index (κ1) is 11.6. The predicted molar refractivity (Wildman–Crippen MR) is 71.2 cm³/mol. The molecule has 1 amide bonds. The van der Waals surface area contributed by atoms with Gasteiger partial charge in [0, 0.05) is 31.9 Å². The smallest absolute Gasteiger partial charge is 0.257 e. The first-order valence-corrected chi connectivity index (χ1v) is 6.18. The molecule has 0 N–H and O–H groups in total. The lowest BCUT2D eigenvalue weighted by atomic mass is 10.1. The van der Waals surface area contributed by atoms with E-state index in [1.165, 1.54) is 0 Å². The van der Waals surface area contributed by atoms with Gasteiger partial charge in [-0.15, -0.1) is 6.58 Å². The summed E-state index contributed by atoms with van der Waals surface area (Å²) in [5.74, 6) is 0.0243. The number of hydrogen-bond donors (Lipinski definition) is 0. The van der Waals surface area contributed by atoms with Crippen molar-refractivity contribution in [2.24, 2.45) is 0 Å². The molecule has 2 aromatic heterocycles. The van der Waals surface area contributed by atoms with Crippen molar-refractivity contribution in [2.45, 2.75) is 6.42 Å². The van der Waals surface area contributed by atoms with Gasteiger partial charge in [0.15, 0.2) is 0 Å². The minimum atomic E-state index is 0.0243. The Morgan fingerprint density at radius 2 is 2.37 bits per heavy atom. The topological polar surface area (TPSA) is 51.0 Å². The van der Waals surface area contributed by atoms with E-state index in [2.05, 4.69) is 16.7 Å². The summed E-state index contributed by atoms with van der Waals surface area (Å²) < 4.78 is 1.72. The van der Waals surface area contributed by atoms with Crippen LogP contribution in [-0.2, 0) is 6.42 Å². The van der Waals surface area contributed by atoms with E-state index < -0.39 is 0 Å². The number of aromatic nitrogens is 3. The van der Waals surface area contributed by atoms with Crippen molar-refractivity contribution in [1.29, 1.82) is 0 Å². The maximum Gasteiger partial charge on any atom is 0.257 e. The van der Waals surface area contributed by atoms with E-state index in [1.54, 1.807) is 34.2 Å². The molecule has 5 nitrogen and oxygen atoms in total. The molecule has 2 aromatic rings. The fraction of sp³-hybridized carbons (Fsp3) is 0.214. The van der Waals surface area contributed by atoms with E-state index >= 15 is 0 Å². The second kappa shape index (κ2) is 4.68. The summed E-state index contributed by atoms with van der Waals surface area (Å²) in [6.45, 7) is 4.95. The predicted octanol–water partition coefficient (Wildman–Crippen LogP) is 1.45. The van der Waals surface area contributed by atoms with Gasteiger partial charge >= 0.3 is 0 Å². The molecule has 0 spiro atoms. The number of carbonyl (C=O) groups is 1. The third-order valence-corrected chi connectivity index (χ3v) is 3.19. The number of fused-ring (bicyclic) bond motifs is 1. The van der Waals surface area contributed by atoms with Crippen LogP contribution in [-0.4, -0.2) is 38.7 Å². The lowest BCUT2D eigenvalue weighted by molar-refractivity contribution is 0.0758. The zero-order chi connectivity index (χ0) is 13.2. The van der Waals surface area contributed by atoms with Crippen LogP contribution in [0.15, 0.2) is 43.4 Å². The molecule has 19 heavy (non-hydrogen) atoms. The number of hydrogen-bond acceptors (Lipinski definition) is 3. The van der Waals surface area contributed by atoms with Gasteiger partial charge in [-0.25, -0.2) is 4.68 Å². The van der Waals surface area contributed by atoms with Crippen LogP contribution in [0.25, 0.3) is 5.69 Å². The van der Waals surface area contributed by atoms with Gasteiger partial charge in [-0.1, -0.05) is 6.08 Å². The molecule has 1 aliphatic heterocycles. The number of nitrogens with zero attached hydrogens (tertiary/aromatic N) is 4. The fourth-order valence-electron chi connectivity index (χ4n) is 2.24. The van der Waals surface area contributed by atoms with E-state index in [0.29, 0.717) is 18.7 Å². The largest absolute Gasteiger partial charge is 0.334 e. The average Bonchev–Trinajstić information content (AvgIpc) is 2.88. The van der Waals surface area contributed by atoms with Gasteiger partial charge < -0.3 is 4.90 Å². The normalized spacial score (nSPS) is 14.3. The number of rotatable bonds is 3. The van der Waals surface area contributed by atoms with Crippen LogP contribution < -0.4 is 0 Å². The van der Waals surface area contributed by atoms with Crippen molar-refractivity contribution in [1.82, 2.24) is 19.7 Å². The standard InChI is InChI=1S/C14H14N4O/c1-2-7-17-8-5-13-12(14(17)19)10-18(16-13)11-4-3-6-15-9-11/h2-4,6,9-10H,1,5,7-8H2. The maximum absolute atomic E-state index is 12.3. The summed E-state index contributed by atoms with van der Waals surface area (Å²) >= 11 is 0. The zero-order valence-corrected chi connectivity index (χ0v) is 10.5. The van der Waals surface area contributed by atoms with Crippen LogP contribution in [0.3, 0.4) is 0 Å². The van der Waals surface area contributed by atoms with E-state index in [4.69, 9.17) is 0 Å². The van der Waals surface area contributed by atoms with E-state index in [9.17, 15) is 4.79 Å². The van der Waals surface area contributed by atoms with Gasteiger partial charge in [-0.2, -0.15) is 5.10 Å². The Morgan fingerprint density at radius 1 is 1.47 bits per heavy atom. The first-order chi connectivity index (χ1) is 9.29. The fourth-order valence-corrected chi connectivity index (χ4v) is 2.24. The Morgan fingerprint density at radius 3 is 3.11 bits per heavy atom. The Bertz CT molecular complexity index is 618. The number of pyridine rings is 1. The lowest BCUT2D eigenvalue weighted by Gasteiger charge is -2.24. The summed E-state index contributed by atoms with van der Waals surface area (Å²) in [5, 5.41) is 4.47. The van der Waals surface area contributed by atoms with Crippen LogP contribution in [0.1, 0.15) is 16.1 Å². The Labute approximate surface area is 111 Å². The van der Waals surface area contributed by atoms with Crippen molar-refractivity contribution < 1.29 is 4.79 Å². The summed E-state index contributed by atoms with van der Waals surface area (Å²) in [4.78, 5) is 18.1. The van der Waals surface area contributed by atoms with Crippen molar-refractivity contribution >= 4 is 5.91 Å². The van der Waals surface area contributed by atoms with Gasteiger partial charge in [0.1, 0.15) is 0 Å². The molecule has 0 bridgehead atoms. The molecule has 0 aliphatic carbocycles. The molecule has 0 radical (unpaired) electrons. The molecule has 3 heterocycles. The second-order valence-electron chi connectivity index (χ2n) is 4.44. The first-order valence-electron chi connectivity index (χ1n) is 6.18. The van der Waals surface area contributed by atoms with Gasteiger partial charge in [0.25, 0.3) is 5.91 Å². The molecule has 5 heteroatoms. The number of amides is 1. The molecule has 96 valence electrons. The quantitative estimate of drug-likeness (QED) is 0.779. The van der Waals surface area contributed by atoms with Gasteiger partial charge in [-0.05, 0) is 12.1 Å². The maximum atomic E-state index is 12.3. The SMILES string of the molecule is C=CCN1CCc2nn(-c3cccnc3)cc2C1=O. The van der Waals surface area contributed by atoms with Crippen LogP contribution in [0.5, 0.6) is 0 Å². The second-order valence-corrected chi connectivity index (χ2v) is 4.44. The van der Waals surface area contributed by atoms with Crippen LogP contribution in [0.4, 0.5) is 0 Å². The Hall–Kier alpha value is -2.43. The highest BCUT2D eigenvalue weighted by molar-refractivity contribution is 5.96. The zero-order valence-electron chi connectivity index (χ0n) is 10.5. The van der Waals surface area contributed by atoms with Crippen LogP contribution >= 0.6 is 0 Å². The Balaban J connectivity index is 1.96. The third kappa shape index (κ3) is 2.03. The van der Waals surface area contributed by atoms with E-state index in [-0.39, 0.29) is 5.91 Å². The molecule has 0 saturated heterocycles. The van der Waals surface area contributed by atoms with Crippen LogP contribution in [0, 0.1) is 0 Å². The molecule has 0 aromatic carbocycles. The van der Waals surface area contributed by atoms with E-state index in [0.717, 1.165) is 17.8 Å². The van der Waals surface area contributed by atoms with Crippen molar-refractivity contribution in [3.05, 3.63) is 54.6 Å². The highest BCUT2D eigenvalue weighted by Gasteiger charge is 2.26. The minimum absolute atomic E-state index is 0.0243. The summed E-state index contributed by atoms with van der Waals surface area (Å²) in [6.07, 6.45) is 7.74. The number of carbonyl (C=O) groups excluding carboxylic acids is 1. The molecular formula is C14H14N4O. The van der Waals surface area contributed by atoms with Crippen molar-refractivity contribution in [3.8, 4) is 5.69 Å². The lowest BCUT2D eigenvalue weighted by Crippen LogP contribution is -2.37. The van der Waals surface area contributed by atoms with Gasteiger partial charge in [0.2, 0.25) is 0 Å².